The smallest absolute Gasteiger partial charge is 0.146 e. The van der Waals surface area contributed by atoms with Gasteiger partial charge in [0.15, 0.2) is 0 Å². The number of anilines is 1. The van der Waals surface area contributed by atoms with Crippen molar-refractivity contribution in [2.45, 2.75) is 64.1 Å². The van der Waals surface area contributed by atoms with Crippen molar-refractivity contribution in [2.24, 2.45) is 0 Å². The molecule has 0 radical (unpaired) electrons. The van der Waals surface area contributed by atoms with Gasteiger partial charge in [-0.1, -0.05) is 6.92 Å². The van der Waals surface area contributed by atoms with Crippen LogP contribution in [0.25, 0.3) is 0 Å². The van der Waals surface area contributed by atoms with E-state index in [1.165, 1.54) is 25.7 Å². The number of nitrogens with zero attached hydrogens (tertiary/aromatic N) is 3. The van der Waals surface area contributed by atoms with E-state index in [4.69, 9.17) is 0 Å². The molecule has 0 saturated carbocycles. The summed E-state index contributed by atoms with van der Waals surface area (Å²) in [6.07, 6.45) is 7.87. The third kappa shape index (κ3) is 2.75. The Morgan fingerprint density at radius 3 is 2.71 bits per heavy atom. The zero-order valence-corrected chi connectivity index (χ0v) is 13.0. The van der Waals surface area contributed by atoms with Gasteiger partial charge in [-0.3, -0.25) is 0 Å². The molecule has 2 atom stereocenters. The summed E-state index contributed by atoms with van der Waals surface area (Å²) in [4.78, 5) is 6.96. The monoisotopic (exact) mass is 284 g/mol. The van der Waals surface area contributed by atoms with Gasteiger partial charge in [0.2, 0.25) is 0 Å². The first-order valence-electron chi connectivity index (χ1n) is 8.11. The van der Waals surface area contributed by atoms with Crippen molar-refractivity contribution in [3.63, 3.8) is 0 Å². The molecule has 1 aromatic rings. The van der Waals surface area contributed by atoms with Crippen LogP contribution in [0.5, 0.6) is 0 Å². The van der Waals surface area contributed by atoms with Gasteiger partial charge in [-0.15, -0.1) is 0 Å². The summed E-state index contributed by atoms with van der Waals surface area (Å²) in [6.45, 7) is 5.18. The largest absolute Gasteiger partial charge is 0.352 e. The van der Waals surface area contributed by atoms with E-state index in [-0.39, 0.29) is 0 Å². The van der Waals surface area contributed by atoms with Crippen LogP contribution >= 0.6 is 0 Å². The van der Waals surface area contributed by atoms with Gasteiger partial charge in [0.25, 0.3) is 0 Å². The first-order chi connectivity index (χ1) is 10.2. The summed E-state index contributed by atoms with van der Waals surface area (Å²) in [5, 5.41) is 13.2. The number of piperidine rings is 1. The number of fused-ring (bicyclic) bond motifs is 2. The highest BCUT2D eigenvalue weighted by atomic mass is 15.2. The van der Waals surface area contributed by atoms with E-state index in [0.717, 1.165) is 29.9 Å². The minimum atomic E-state index is 0.519. The molecule has 112 valence electrons. The van der Waals surface area contributed by atoms with Gasteiger partial charge in [0, 0.05) is 30.9 Å². The lowest BCUT2D eigenvalue weighted by Crippen LogP contribution is -2.49. The van der Waals surface area contributed by atoms with Crippen molar-refractivity contribution in [2.75, 3.05) is 11.4 Å². The van der Waals surface area contributed by atoms with E-state index in [1.54, 1.807) is 0 Å². The minimum Gasteiger partial charge on any atom is -0.352 e. The average Bonchev–Trinajstić information content (AvgIpc) is 2.83. The third-order valence-electron chi connectivity index (χ3n) is 4.88. The van der Waals surface area contributed by atoms with Gasteiger partial charge in [-0.2, -0.15) is 5.26 Å². The topological polar surface area (TPSA) is 52.0 Å². The molecule has 1 aromatic heterocycles. The molecule has 2 aliphatic rings. The number of nitriles is 1. The van der Waals surface area contributed by atoms with E-state index < -0.39 is 0 Å². The summed E-state index contributed by atoms with van der Waals surface area (Å²) in [5.41, 5.74) is 1.78. The normalized spacial score (nSPS) is 27.4. The Morgan fingerprint density at radius 2 is 2.10 bits per heavy atom. The predicted molar refractivity (Wildman–Crippen MR) is 84.3 cm³/mol. The first kappa shape index (κ1) is 14.3. The van der Waals surface area contributed by atoms with Crippen molar-refractivity contribution in [3.05, 3.63) is 23.4 Å². The van der Waals surface area contributed by atoms with Gasteiger partial charge in [0.05, 0.1) is 5.56 Å². The van der Waals surface area contributed by atoms with Crippen LogP contribution in [-0.2, 0) is 0 Å². The Hall–Kier alpha value is -1.60. The number of hydrogen-bond acceptors (Lipinski definition) is 4. The molecule has 0 aromatic carbocycles. The maximum Gasteiger partial charge on any atom is 0.146 e. The minimum absolute atomic E-state index is 0.519. The van der Waals surface area contributed by atoms with Crippen molar-refractivity contribution in [3.8, 4) is 6.07 Å². The zero-order chi connectivity index (χ0) is 14.8. The first-order valence-corrected chi connectivity index (χ1v) is 8.11. The number of aromatic nitrogens is 1. The molecule has 2 bridgehead atoms. The Balaban J connectivity index is 1.91. The van der Waals surface area contributed by atoms with Gasteiger partial charge < -0.3 is 10.2 Å². The molecule has 2 unspecified atom stereocenters. The molecule has 2 saturated heterocycles. The number of aryl methyl sites for hydroxylation is 1. The molecular formula is C17H24N4. The molecule has 4 heteroatoms. The highest BCUT2D eigenvalue weighted by molar-refractivity contribution is 5.57. The summed E-state index contributed by atoms with van der Waals surface area (Å²) in [6, 6.07) is 6.12. The lowest BCUT2D eigenvalue weighted by atomic mass is 9.97. The fourth-order valence-corrected chi connectivity index (χ4v) is 3.88. The summed E-state index contributed by atoms with van der Waals surface area (Å²) in [5.74, 6) is 0.894. The highest BCUT2D eigenvalue weighted by Crippen LogP contribution is 2.33. The fourth-order valence-electron chi connectivity index (χ4n) is 3.88. The molecule has 2 aliphatic heterocycles. The van der Waals surface area contributed by atoms with Gasteiger partial charge >= 0.3 is 0 Å². The van der Waals surface area contributed by atoms with Crippen molar-refractivity contribution < 1.29 is 0 Å². The van der Waals surface area contributed by atoms with E-state index in [2.05, 4.69) is 28.2 Å². The van der Waals surface area contributed by atoms with Gasteiger partial charge in [-0.25, -0.2) is 4.98 Å². The predicted octanol–water partition coefficient (Wildman–Crippen LogP) is 2.76. The Labute approximate surface area is 127 Å². The Morgan fingerprint density at radius 1 is 1.38 bits per heavy atom. The SMILES string of the molecule is CCCN(c1nccc(C)c1C#N)C1CC2CCC(C1)N2. The lowest BCUT2D eigenvalue weighted by molar-refractivity contribution is 0.345. The van der Waals surface area contributed by atoms with Crippen molar-refractivity contribution in [1.82, 2.24) is 10.3 Å². The Kier molecular flexibility index (Phi) is 4.12. The van der Waals surface area contributed by atoms with Crippen LogP contribution in [0.2, 0.25) is 0 Å². The number of nitrogens with one attached hydrogen (secondary N) is 1. The van der Waals surface area contributed by atoms with E-state index in [0.29, 0.717) is 18.1 Å². The highest BCUT2D eigenvalue weighted by Gasteiger charge is 2.36. The van der Waals surface area contributed by atoms with Crippen LogP contribution < -0.4 is 10.2 Å². The summed E-state index contributed by atoms with van der Waals surface area (Å²) >= 11 is 0. The number of pyridine rings is 1. The number of rotatable bonds is 4. The van der Waals surface area contributed by atoms with Crippen LogP contribution in [-0.4, -0.2) is 29.7 Å². The second-order valence-corrected chi connectivity index (χ2v) is 6.39. The third-order valence-corrected chi connectivity index (χ3v) is 4.88. The molecule has 2 fully saturated rings. The average molecular weight is 284 g/mol. The second kappa shape index (κ2) is 6.03. The number of hydrogen-bond donors (Lipinski definition) is 1. The molecule has 3 heterocycles. The molecule has 0 aliphatic carbocycles. The van der Waals surface area contributed by atoms with Crippen LogP contribution in [0.3, 0.4) is 0 Å². The maximum atomic E-state index is 9.50. The second-order valence-electron chi connectivity index (χ2n) is 6.39. The zero-order valence-electron chi connectivity index (χ0n) is 13.0. The molecule has 4 nitrogen and oxygen atoms in total. The van der Waals surface area contributed by atoms with Crippen LogP contribution in [0.1, 0.15) is 50.2 Å². The molecular weight excluding hydrogens is 260 g/mol. The Bertz CT molecular complexity index is 536. The maximum absolute atomic E-state index is 9.50. The van der Waals surface area contributed by atoms with E-state index in [9.17, 15) is 5.26 Å². The summed E-state index contributed by atoms with van der Waals surface area (Å²) < 4.78 is 0. The quantitative estimate of drug-likeness (QED) is 0.923. The van der Waals surface area contributed by atoms with Crippen LogP contribution in [0, 0.1) is 18.3 Å². The molecule has 0 amide bonds. The lowest BCUT2D eigenvalue weighted by Gasteiger charge is -2.39. The van der Waals surface area contributed by atoms with Crippen LogP contribution in [0.15, 0.2) is 12.3 Å². The summed E-state index contributed by atoms with van der Waals surface area (Å²) in [7, 11) is 0. The molecule has 3 rings (SSSR count). The van der Waals surface area contributed by atoms with E-state index in [1.807, 2.05) is 19.2 Å². The van der Waals surface area contributed by atoms with Crippen molar-refractivity contribution in [1.29, 1.82) is 5.26 Å². The fraction of sp³-hybridized carbons (Fsp3) is 0.647. The molecule has 0 spiro atoms. The van der Waals surface area contributed by atoms with Crippen LogP contribution in [0.4, 0.5) is 5.82 Å². The standard InChI is InChI=1S/C17H24N4/c1-3-8-21(15-9-13-4-5-14(10-15)20-13)17-16(11-18)12(2)6-7-19-17/h6-7,13-15,20H,3-5,8-10H2,1-2H3. The van der Waals surface area contributed by atoms with Gasteiger partial charge in [-0.05, 0) is 50.7 Å². The van der Waals surface area contributed by atoms with E-state index >= 15 is 0 Å². The van der Waals surface area contributed by atoms with Gasteiger partial charge in [0.1, 0.15) is 11.9 Å². The molecule has 21 heavy (non-hydrogen) atoms. The van der Waals surface area contributed by atoms with Crippen molar-refractivity contribution >= 4 is 5.82 Å². The molecule has 1 N–H and O–H groups in total.